The molecule has 7 nitrogen and oxygen atoms in total. The summed E-state index contributed by atoms with van der Waals surface area (Å²) >= 11 is 0. The lowest BCUT2D eigenvalue weighted by atomic mass is 9.90. The Bertz CT molecular complexity index is 969. The molecule has 178 valence electrons. The van der Waals surface area contributed by atoms with Crippen LogP contribution in [0.3, 0.4) is 0 Å². The van der Waals surface area contributed by atoms with Crippen molar-refractivity contribution >= 4 is 17.6 Å². The van der Waals surface area contributed by atoms with Gasteiger partial charge in [-0.25, -0.2) is 4.79 Å². The van der Waals surface area contributed by atoms with Gasteiger partial charge in [0, 0.05) is 11.3 Å². The van der Waals surface area contributed by atoms with E-state index < -0.39 is 29.4 Å². The van der Waals surface area contributed by atoms with Crippen molar-refractivity contribution in [2.45, 2.75) is 26.3 Å². The number of nitrogens with one attached hydrogen (secondary N) is 1. The predicted octanol–water partition coefficient (Wildman–Crippen LogP) is 4.34. The monoisotopic (exact) mass is 467 g/mol. The van der Waals surface area contributed by atoms with Gasteiger partial charge in [0.05, 0.1) is 30.8 Å². The normalized spacial score (nSPS) is 20.7. The fourth-order valence-electron chi connectivity index (χ4n) is 3.06. The molecule has 1 fully saturated rings. The standard InChI is InChI=1S/C23H24F3NO6/c1-3-30-19(28)12-31-18-9-7-17(8-10-18)27-21(29)22(2)13-32-20(33-14-22)15-5-4-6-16(11-15)23(24,25)26/h4-11,20H,3,12-14H2,1-2H3,(H,27,29). The Hall–Kier alpha value is -3.11. The van der Waals surface area contributed by atoms with Crippen molar-refractivity contribution in [3.8, 4) is 5.75 Å². The third kappa shape index (κ3) is 6.45. The molecule has 0 unspecified atom stereocenters. The summed E-state index contributed by atoms with van der Waals surface area (Å²) in [7, 11) is 0. The zero-order chi connectivity index (χ0) is 24.1. The Labute approximate surface area is 188 Å². The second-order valence-electron chi connectivity index (χ2n) is 7.71. The number of hydrogen-bond donors (Lipinski definition) is 1. The average molecular weight is 467 g/mol. The van der Waals surface area contributed by atoms with Crippen molar-refractivity contribution in [1.82, 2.24) is 0 Å². The molecule has 0 aliphatic carbocycles. The van der Waals surface area contributed by atoms with Gasteiger partial charge in [-0.15, -0.1) is 0 Å². The number of anilines is 1. The van der Waals surface area contributed by atoms with E-state index in [4.69, 9.17) is 18.9 Å². The van der Waals surface area contributed by atoms with Crippen molar-refractivity contribution in [3.05, 3.63) is 59.7 Å². The van der Waals surface area contributed by atoms with E-state index in [1.807, 2.05) is 0 Å². The molecule has 1 aliphatic rings. The third-order valence-corrected chi connectivity index (χ3v) is 4.92. The maximum Gasteiger partial charge on any atom is 0.416 e. The molecule has 0 bridgehead atoms. The molecule has 1 heterocycles. The number of esters is 1. The van der Waals surface area contributed by atoms with Crippen molar-refractivity contribution < 1.29 is 41.7 Å². The molecule has 0 saturated carbocycles. The number of carbonyl (C=O) groups is 2. The summed E-state index contributed by atoms with van der Waals surface area (Å²) in [6.07, 6.45) is -5.47. The van der Waals surface area contributed by atoms with Crippen molar-refractivity contribution in [1.29, 1.82) is 0 Å². The summed E-state index contributed by atoms with van der Waals surface area (Å²) in [6, 6.07) is 11.1. The molecule has 3 rings (SSSR count). The molecular formula is C23H24F3NO6. The van der Waals surface area contributed by atoms with Crippen LogP contribution in [-0.4, -0.2) is 38.3 Å². The zero-order valence-electron chi connectivity index (χ0n) is 18.1. The number of alkyl halides is 3. The Kier molecular flexibility index (Phi) is 7.60. The van der Waals surface area contributed by atoms with Crippen LogP contribution >= 0.6 is 0 Å². The summed E-state index contributed by atoms with van der Waals surface area (Å²) in [5, 5.41) is 2.75. The second kappa shape index (κ2) is 10.2. The predicted molar refractivity (Wildman–Crippen MR) is 111 cm³/mol. The number of halogens is 3. The van der Waals surface area contributed by atoms with Gasteiger partial charge in [-0.05, 0) is 50.2 Å². The molecule has 0 aromatic heterocycles. The van der Waals surface area contributed by atoms with E-state index in [2.05, 4.69) is 5.32 Å². The van der Waals surface area contributed by atoms with E-state index in [0.29, 0.717) is 11.4 Å². The second-order valence-corrected chi connectivity index (χ2v) is 7.71. The topological polar surface area (TPSA) is 83.1 Å². The van der Waals surface area contributed by atoms with Gasteiger partial charge >= 0.3 is 12.1 Å². The number of ether oxygens (including phenoxy) is 4. The van der Waals surface area contributed by atoms with Crippen molar-refractivity contribution in [2.24, 2.45) is 5.41 Å². The largest absolute Gasteiger partial charge is 0.482 e. The van der Waals surface area contributed by atoms with Crippen LogP contribution in [-0.2, 0) is 30.0 Å². The lowest BCUT2D eigenvalue weighted by Crippen LogP contribution is -2.45. The van der Waals surface area contributed by atoms with Crippen LogP contribution in [0.4, 0.5) is 18.9 Å². The lowest BCUT2D eigenvalue weighted by Gasteiger charge is -2.36. The summed E-state index contributed by atoms with van der Waals surface area (Å²) in [6.45, 7) is 3.30. The van der Waals surface area contributed by atoms with Gasteiger partial charge in [-0.1, -0.05) is 12.1 Å². The van der Waals surface area contributed by atoms with Crippen LogP contribution in [0.15, 0.2) is 48.5 Å². The highest BCUT2D eigenvalue weighted by atomic mass is 19.4. The molecule has 33 heavy (non-hydrogen) atoms. The Morgan fingerprint density at radius 3 is 2.39 bits per heavy atom. The minimum absolute atomic E-state index is 0.0412. The molecule has 1 aliphatic heterocycles. The molecule has 1 amide bonds. The molecule has 2 aromatic carbocycles. The van der Waals surface area contributed by atoms with Gasteiger partial charge in [-0.2, -0.15) is 13.2 Å². The van der Waals surface area contributed by atoms with E-state index in [-0.39, 0.29) is 37.9 Å². The van der Waals surface area contributed by atoms with Crippen LogP contribution in [0.25, 0.3) is 0 Å². The molecule has 2 aromatic rings. The van der Waals surface area contributed by atoms with Gasteiger partial charge in [0.15, 0.2) is 12.9 Å². The Balaban J connectivity index is 1.55. The van der Waals surface area contributed by atoms with Gasteiger partial charge < -0.3 is 24.3 Å². The first-order valence-corrected chi connectivity index (χ1v) is 10.2. The van der Waals surface area contributed by atoms with Crippen LogP contribution in [0.5, 0.6) is 5.75 Å². The zero-order valence-corrected chi connectivity index (χ0v) is 18.1. The van der Waals surface area contributed by atoms with Gasteiger partial charge in [0.1, 0.15) is 5.75 Å². The number of rotatable bonds is 7. The molecule has 1 saturated heterocycles. The first-order chi connectivity index (χ1) is 15.6. The van der Waals surface area contributed by atoms with Crippen LogP contribution in [0.1, 0.15) is 31.3 Å². The minimum Gasteiger partial charge on any atom is -0.482 e. The maximum atomic E-state index is 12.9. The third-order valence-electron chi connectivity index (χ3n) is 4.92. The quantitative estimate of drug-likeness (QED) is 0.610. The highest BCUT2D eigenvalue weighted by molar-refractivity contribution is 5.95. The number of amides is 1. The smallest absolute Gasteiger partial charge is 0.416 e. The number of benzene rings is 2. The van der Waals surface area contributed by atoms with E-state index >= 15 is 0 Å². The number of carbonyl (C=O) groups excluding carboxylic acids is 2. The van der Waals surface area contributed by atoms with Gasteiger partial charge in [0.25, 0.3) is 0 Å². The van der Waals surface area contributed by atoms with Gasteiger partial charge in [0.2, 0.25) is 5.91 Å². The molecule has 1 N–H and O–H groups in total. The fourth-order valence-corrected chi connectivity index (χ4v) is 3.06. The van der Waals surface area contributed by atoms with E-state index in [1.165, 1.54) is 12.1 Å². The summed E-state index contributed by atoms with van der Waals surface area (Å²) in [5.74, 6) is -0.422. The van der Waals surface area contributed by atoms with Gasteiger partial charge in [-0.3, -0.25) is 4.79 Å². The van der Waals surface area contributed by atoms with Crippen LogP contribution < -0.4 is 10.1 Å². The molecule has 0 spiro atoms. The average Bonchev–Trinajstić information content (AvgIpc) is 2.79. The van der Waals surface area contributed by atoms with E-state index in [1.54, 1.807) is 38.1 Å². The maximum absolute atomic E-state index is 12.9. The van der Waals surface area contributed by atoms with Crippen molar-refractivity contribution in [2.75, 3.05) is 31.7 Å². The number of hydrogen-bond acceptors (Lipinski definition) is 6. The summed E-state index contributed by atoms with van der Waals surface area (Å²) in [5.41, 5.74) is -1.12. The highest BCUT2D eigenvalue weighted by Crippen LogP contribution is 2.35. The molecular weight excluding hydrogens is 443 g/mol. The van der Waals surface area contributed by atoms with E-state index in [0.717, 1.165) is 12.1 Å². The van der Waals surface area contributed by atoms with E-state index in [9.17, 15) is 22.8 Å². The summed E-state index contributed by atoms with van der Waals surface area (Å²) in [4.78, 5) is 24.1. The molecule has 0 radical (unpaired) electrons. The first kappa shape index (κ1) is 24.5. The van der Waals surface area contributed by atoms with Crippen molar-refractivity contribution in [3.63, 3.8) is 0 Å². The van der Waals surface area contributed by atoms with Crippen LogP contribution in [0, 0.1) is 5.41 Å². The summed E-state index contributed by atoms with van der Waals surface area (Å²) < 4.78 is 60.1. The van der Waals surface area contributed by atoms with Crippen LogP contribution in [0.2, 0.25) is 0 Å². The highest BCUT2D eigenvalue weighted by Gasteiger charge is 2.40. The fraction of sp³-hybridized carbons (Fsp3) is 0.391. The molecule has 0 atom stereocenters. The Morgan fingerprint density at radius 2 is 1.79 bits per heavy atom. The minimum atomic E-state index is -4.47. The molecule has 10 heteroatoms. The first-order valence-electron chi connectivity index (χ1n) is 10.2. The SMILES string of the molecule is CCOC(=O)COc1ccc(NC(=O)C2(C)COC(c3cccc(C(F)(F)F)c3)OC2)cc1. The lowest BCUT2D eigenvalue weighted by molar-refractivity contribution is -0.226. The Morgan fingerprint density at radius 1 is 1.12 bits per heavy atom.